The Morgan fingerprint density at radius 2 is 2.27 bits per heavy atom. The molecule has 3 rings (SSSR count). The van der Waals surface area contributed by atoms with E-state index < -0.39 is 17.7 Å². The van der Waals surface area contributed by atoms with Crippen LogP contribution in [0, 0.1) is 16.7 Å². The summed E-state index contributed by atoms with van der Waals surface area (Å²) >= 11 is 0. The van der Waals surface area contributed by atoms with E-state index in [0.717, 1.165) is 18.4 Å². The number of rotatable bonds is 3. The van der Waals surface area contributed by atoms with Gasteiger partial charge in [0, 0.05) is 18.4 Å². The highest BCUT2D eigenvalue weighted by molar-refractivity contribution is 5.86. The Labute approximate surface area is 127 Å². The van der Waals surface area contributed by atoms with Crippen LogP contribution in [0.2, 0.25) is 0 Å². The summed E-state index contributed by atoms with van der Waals surface area (Å²) in [6.45, 7) is 1.65. The minimum Gasteiger partial charge on any atom is -0.332 e. The van der Waals surface area contributed by atoms with Crippen LogP contribution in [0.25, 0.3) is 0 Å². The molecule has 0 radical (unpaired) electrons. The molecule has 22 heavy (non-hydrogen) atoms. The van der Waals surface area contributed by atoms with Gasteiger partial charge in [0.25, 0.3) is 6.43 Å². The van der Waals surface area contributed by atoms with Crippen molar-refractivity contribution in [2.75, 3.05) is 0 Å². The van der Waals surface area contributed by atoms with Gasteiger partial charge in [-0.2, -0.15) is 5.26 Å². The van der Waals surface area contributed by atoms with Crippen LogP contribution in [-0.4, -0.2) is 28.3 Å². The van der Waals surface area contributed by atoms with Gasteiger partial charge < -0.3 is 4.90 Å². The minimum atomic E-state index is -2.64. The van der Waals surface area contributed by atoms with Crippen molar-refractivity contribution in [2.45, 2.75) is 51.1 Å². The molecule has 0 spiro atoms. The summed E-state index contributed by atoms with van der Waals surface area (Å²) in [5, 5.41) is 8.97. The Morgan fingerprint density at radius 1 is 1.50 bits per heavy atom. The summed E-state index contributed by atoms with van der Waals surface area (Å²) in [7, 11) is 0. The summed E-state index contributed by atoms with van der Waals surface area (Å²) in [6.07, 6.45) is 2.27. The topological polar surface area (TPSA) is 57.0 Å². The largest absolute Gasteiger partial charge is 0.332 e. The molecule has 2 saturated heterocycles. The molecule has 1 unspecified atom stereocenters. The van der Waals surface area contributed by atoms with Crippen LogP contribution in [0.3, 0.4) is 0 Å². The van der Waals surface area contributed by atoms with E-state index in [2.05, 4.69) is 4.98 Å². The number of carbonyl (C=O) groups is 1. The van der Waals surface area contributed by atoms with Crippen molar-refractivity contribution in [1.29, 1.82) is 5.26 Å². The van der Waals surface area contributed by atoms with Gasteiger partial charge >= 0.3 is 0 Å². The van der Waals surface area contributed by atoms with Gasteiger partial charge in [-0.1, -0.05) is 6.92 Å². The maximum Gasteiger partial charge on any atom is 0.252 e. The van der Waals surface area contributed by atoms with Gasteiger partial charge in [-0.05, 0) is 37.3 Å². The fourth-order valence-corrected chi connectivity index (χ4v) is 3.82. The predicted octanol–water partition coefficient (Wildman–Crippen LogP) is 3.05. The number of carbonyl (C=O) groups excluding carboxylic acids is 1. The van der Waals surface area contributed by atoms with E-state index in [1.807, 2.05) is 6.07 Å². The molecule has 0 aliphatic carbocycles. The van der Waals surface area contributed by atoms with Crippen molar-refractivity contribution in [2.24, 2.45) is 5.41 Å². The molecule has 0 N–H and O–H groups in total. The number of alkyl halides is 2. The van der Waals surface area contributed by atoms with E-state index in [1.54, 1.807) is 24.1 Å². The lowest BCUT2D eigenvalue weighted by atomic mass is 9.81. The van der Waals surface area contributed by atoms with Gasteiger partial charge in [0.1, 0.15) is 11.5 Å². The second kappa shape index (κ2) is 5.31. The van der Waals surface area contributed by atoms with Crippen LogP contribution in [0.15, 0.2) is 18.5 Å². The number of aromatic nitrogens is 1. The third-order valence-corrected chi connectivity index (χ3v) is 5.08. The fourth-order valence-electron chi connectivity index (χ4n) is 3.82. The standard InChI is InChI=1S/C16H17F2N3O/c1-2-16(14(17)18)6-12-3-4-13(21(12)15(16)22)11-5-10(7-19)8-20-9-11/h5,8-9,12-14H,2-4,6H2,1H3/t12-,13+,16?/m1/s1. The zero-order chi connectivity index (χ0) is 15.9. The van der Waals surface area contributed by atoms with E-state index >= 15 is 0 Å². The Hall–Kier alpha value is -2.03. The van der Waals surface area contributed by atoms with E-state index in [0.29, 0.717) is 5.56 Å². The molecule has 1 amide bonds. The number of hydrogen-bond donors (Lipinski definition) is 0. The van der Waals surface area contributed by atoms with E-state index in [4.69, 9.17) is 5.26 Å². The quantitative estimate of drug-likeness (QED) is 0.862. The number of nitrogens with zero attached hydrogens (tertiary/aromatic N) is 3. The van der Waals surface area contributed by atoms with Gasteiger partial charge in [-0.25, -0.2) is 8.78 Å². The molecular formula is C16H17F2N3O. The second-order valence-corrected chi connectivity index (χ2v) is 6.09. The van der Waals surface area contributed by atoms with Crippen LogP contribution >= 0.6 is 0 Å². The molecule has 0 saturated carbocycles. The van der Waals surface area contributed by atoms with Crippen LogP contribution < -0.4 is 0 Å². The predicted molar refractivity (Wildman–Crippen MR) is 74.9 cm³/mol. The SMILES string of the molecule is CCC1(C(F)F)C[C@H]2CC[C@@H](c3cncc(C#N)c3)N2C1=O. The zero-order valence-electron chi connectivity index (χ0n) is 12.3. The van der Waals surface area contributed by atoms with Crippen molar-refractivity contribution in [3.05, 3.63) is 29.6 Å². The third-order valence-electron chi connectivity index (χ3n) is 5.08. The molecule has 116 valence electrons. The first-order valence-corrected chi connectivity index (χ1v) is 7.49. The number of hydrogen-bond acceptors (Lipinski definition) is 3. The number of pyridine rings is 1. The van der Waals surface area contributed by atoms with E-state index in [-0.39, 0.29) is 24.9 Å². The van der Waals surface area contributed by atoms with Crippen LogP contribution in [0.5, 0.6) is 0 Å². The Balaban J connectivity index is 1.95. The molecule has 4 nitrogen and oxygen atoms in total. The average Bonchev–Trinajstić information content (AvgIpc) is 3.06. The van der Waals surface area contributed by atoms with Crippen LogP contribution in [-0.2, 0) is 4.79 Å². The highest BCUT2D eigenvalue weighted by Crippen LogP contribution is 2.52. The molecule has 6 heteroatoms. The molecule has 2 fully saturated rings. The summed E-state index contributed by atoms with van der Waals surface area (Å²) in [4.78, 5) is 18.3. The Morgan fingerprint density at radius 3 is 2.91 bits per heavy atom. The highest BCUT2D eigenvalue weighted by atomic mass is 19.3. The van der Waals surface area contributed by atoms with Crippen molar-refractivity contribution < 1.29 is 13.6 Å². The summed E-state index contributed by atoms with van der Waals surface area (Å²) in [6, 6.07) is 3.34. The zero-order valence-corrected chi connectivity index (χ0v) is 12.3. The van der Waals surface area contributed by atoms with Gasteiger partial charge in [0.05, 0.1) is 11.6 Å². The summed E-state index contributed by atoms with van der Waals surface area (Å²) in [5.74, 6) is -0.445. The maximum absolute atomic E-state index is 13.5. The summed E-state index contributed by atoms with van der Waals surface area (Å²) in [5.41, 5.74) is -0.358. The Bertz CT molecular complexity index is 643. The van der Waals surface area contributed by atoms with Crippen molar-refractivity contribution in [1.82, 2.24) is 9.88 Å². The number of amides is 1. The van der Waals surface area contributed by atoms with E-state index in [9.17, 15) is 13.6 Å². The first kappa shape index (κ1) is 14.9. The normalized spacial score (nSPS) is 30.7. The molecule has 2 aliphatic rings. The first-order chi connectivity index (χ1) is 10.5. The number of nitriles is 1. The maximum atomic E-state index is 13.5. The van der Waals surface area contributed by atoms with Gasteiger partial charge in [-0.3, -0.25) is 9.78 Å². The minimum absolute atomic E-state index is 0.128. The molecule has 0 aromatic carbocycles. The van der Waals surface area contributed by atoms with Crippen molar-refractivity contribution >= 4 is 5.91 Å². The lowest BCUT2D eigenvalue weighted by Crippen LogP contribution is -2.40. The molecule has 3 heterocycles. The van der Waals surface area contributed by atoms with Crippen molar-refractivity contribution in [3.8, 4) is 6.07 Å². The molecule has 1 aromatic rings. The molecule has 3 atom stereocenters. The molecule has 1 aromatic heterocycles. The third kappa shape index (κ3) is 1.99. The fraction of sp³-hybridized carbons (Fsp3) is 0.562. The lowest BCUT2D eigenvalue weighted by Gasteiger charge is -2.29. The smallest absolute Gasteiger partial charge is 0.252 e. The second-order valence-electron chi connectivity index (χ2n) is 6.09. The monoisotopic (exact) mass is 305 g/mol. The number of halogens is 2. The first-order valence-electron chi connectivity index (χ1n) is 7.49. The van der Waals surface area contributed by atoms with Gasteiger partial charge in [-0.15, -0.1) is 0 Å². The molecular weight excluding hydrogens is 288 g/mol. The van der Waals surface area contributed by atoms with Gasteiger partial charge in [0.15, 0.2) is 0 Å². The van der Waals surface area contributed by atoms with Crippen molar-refractivity contribution in [3.63, 3.8) is 0 Å². The highest BCUT2D eigenvalue weighted by Gasteiger charge is 2.59. The van der Waals surface area contributed by atoms with Crippen LogP contribution in [0.1, 0.15) is 49.8 Å². The van der Waals surface area contributed by atoms with E-state index in [1.165, 1.54) is 6.20 Å². The van der Waals surface area contributed by atoms with Crippen LogP contribution in [0.4, 0.5) is 8.78 Å². The Kier molecular flexibility index (Phi) is 3.59. The average molecular weight is 305 g/mol. The molecule has 2 aliphatic heterocycles. The summed E-state index contributed by atoms with van der Waals surface area (Å²) < 4.78 is 27.0. The lowest BCUT2D eigenvalue weighted by molar-refractivity contribution is -0.146. The molecule has 0 bridgehead atoms. The van der Waals surface area contributed by atoms with Gasteiger partial charge in [0.2, 0.25) is 5.91 Å². The number of fused-ring (bicyclic) bond motifs is 1.